The molecule has 5 nitrogen and oxygen atoms in total. The van der Waals surface area contributed by atoms with E-state index in [1.54, 1.807) is 12.0 Å². The second kappa shape index (κ2) is 6.36. The third kappa shape index (κ3) is 3.18. The topological polar surface area (TPSA) is 47.4 Å². The van der Waals surface area contributed by atoms with Gasteiger partial charge in [0.15, 0.2) is 5.69 Å². The first-order valence-electron chi connectivity index (χ1n) is 7.37. The smallest absolute Gasteiger partial charge is 0.333 e. The lowest BCUT2D eigenvalue weighted by molar-refractivity contribution is 0.0552. The molecule has 1 aliphatic heterocycles. The van der Waals surface area contributed by atoms with Crippen molar-refractivity contribution in [3.63, 3.8) is 0 Å². The highest BCUT2D eigenvalue weighted by Crippen LogP contribution is 2.22. The van der Waals surface area contributed by atoms with Gasteiger partial charge >= 0.3 is 6.55 Å². The highest BCUT2D eigenvalue weighted by atomic mass is 19.3. The van der Waals surface area contributed by atoms with Crippen LogP contribution in [0.4, 0.5) is 8.78 Å². The average Bonchev–Trinajstić information content (AvgIpc) is 2.96. The minimum Gasteiger partial charge on any atom is -0.497 e. The molecule has 0 spiro atoms. The van der Waals surface area contributed by atoms with Crippen molar-refractivity contribution in [1.82, 2.24) is 14.7 Å². The molecule has 0 bridgehead atoms. The lowest BCUT2D eigenvalue weighted by Gasteiger charge is -2.18. The number of aromatic nitrogens is 2. The first-order valence-corrected chi connectivity index (χ1v) is 7.37. The van der Waals surface area contributed by atoms with Crippen LogP contribution in [0, 0.1) is 0 Å². The Morgan fingerprint density at radius 3 is 2.61 bits per heavy atom. The largest absolute Gasteiger partial charge is 0.497 e. The van der Waals surface area contributed by atoms with Gasteiger partial charge in [0.05, 0.1) is 7.11 Å². The minimum atomic E-state index is -2.74. The van der Waals surface area contributed by atoms with Crippen molar-refractivity contribution in [3.8, 4) is 5.75 Å². The second-order valence-electron chi connectivity index (χ2n) is 5.39. The Morgan fingerprint density at radius 2 is 1.96 bits per heavy atom. The number of nitrogens with zero attached hydrogens (tertiary/aromatic N) is 3. The molecule has 0 unspecified atom stereocenters. The van der Waals surface area contributed by atoms with E-state index in [0.717, 1.165) is 23.9 Å². The first-order chi connectivity index (χ1) is 11.1. The Balaban J connectivity index is 1.74. The zero-order chi connectivity index (χ0) is 16.4. The van der Waals surface area contributed by atoms with Crippen LogP contribution in [-0.4, -0.2) is 40.8 Å². The number of hydrogen-bond donors (Lipinski definition) is 0. The van der Waals surface area contributed by atoms with Gasteiger partial charge in [-0.05, 0) is 42.2 Å². The molecule has 1 aromatic heterocycles. The number of ether oxygens (including phenoxy) is 1. The lowest BCUT2D eigenvalue weighted by Crippen LogP contribution is -2.33. The maximum atomic E-state index is 12.6. The van der Waals surface area contributed by atoms with Gasteiger partial charge in [-0.3, -0.25) is 4.79 Å². The van der Waals surface area contributed by atoms with Crippen LogP contribution in [0.5, 0.6) is 5.75 Å². The van der Waals surface area contributed by atoms with Gasteiger partial charge in [-0.15, -0.1) is 0 Å². The Morgan fingerprint density at radius 1 is 1.22 bits per heavy atom. The van der Waals surface area contributed by atoms with Crippen molar-refractivity contribution in [1.29, 1.82) is 0 Å². The van der Waals surface area contributed by atoms with Crippen molar-refractivity contribution < 1.29 is 18.3 Å². The number of hydrogen-bond acceptors (Lipinski definition) is 3. The molecule has 3 rings (SSSR count). The van der Waals surface area contributed by atoms with E-state index in [-0.39, 0.29) is 11.6 Å². The fourth-order valence-corrected chi connectivity index (χ4v) is 2.75. The molecular formula is C16H17F2N3O2. The first kappa shape index (κ1) is 15.5. The van der Waals surface area contributed by atoms with Gasteiger partial charge in [-0.2, -0.15) is 13.9 Å². The summed E-state index contributed by atoms with van der Waals surface area (Å²) in [6.07, 6.45) is 2.55. The summed E-state index contributed by atoms with van der Waals surface area (Å²) < 4.78 is 30.8. The number of alkyl halides is 2. The maximum absolute atomic E-state index is 12.6. The summed E-state index contributed by atoms with van der Waals surface area (Å²) in [5.74, 6) is 0.475. The summed E-state index contributed by atoms with van der Waals surface area (Å²) in [5, 5.41) is 3.65. The molecule has 7 heteroatoms. The van der Waals surface area contributed by atoms with Crippen molar-refractivity contribution in [2.75, 3.05) is 20.2 Å². The third-order valence-electron chi connectivity index (χ3n) is 4.03. The zero-order valence-corrected chi connectivity index (χ0v) is 12.7. The van der Waals surface area contributed by atoms with Crippen molar-refractivity contribution >= 4 is 5.91 Å². The number of halogens is 2. The van der Waals surface area contributed by atoms with Crippen molar-refractivity contribution in [2.24, 2.45) is 0 Å². The van der Waals surface area contributed by atoms with Crippen LogP contribution in [0.25, 0.3) is 0 Å². The van der Waals surface area contributed by atoms with E-state index in [2.05, 4.69) is 5.10 Å². The molecule has 1 aromatic carbocycles. The number of fused-ring (bicyclic) bond motifs is 1. The zero-order valence-electron chi connectivity index (χ0n) is 12.7. The van der Waals surface area contributed by atoms with E-state index in [9.17, 15) is 13.6 Å². The maximum Gasteiger partial charge on any atom is 0.333 e. The number of rotatable bonds is 3. The number of carbonyl (C=O) groups is 1. The van der Waals surface area contributed by atoms with Gasteiger partial charge in [-0.25, -0.2) is 4.68 Å². The Hall–Kier alpha value is -2.44. The van der Waals surface area contributed by atoms with E-state index in [0.29, 0.717) is 24.2 Å². The summed E-state index contributed by atoms with van der Waals surface area (Å²) in [5.41, 5.74) is 2.38. The van der Waals surface area contributed by atoms with E-state index < -0.39 is 6.55 Å². The van der Waals surface area contributed by atoms with Crippen LogP contribution in [0.3, 0.4) is 0 Å². The van der Waals surface area contributed by atoms with E-state index in [1.807, 2.05) is 18.2 Å². The highest BCUT2D eigenvalue weighted by molar-refractivity contribution is 5.92. The molecule has 0 atom stereocenters. The molecule has 0 saturated heterocycles. The molecule has 1 aliphatic rings. The van der Waals surface area contributed by atoms with Gasteiger partial charge in [0, 0.05) is 19.3 Å². The predicted molar refractivity (Wildman–Crippen MR) is 79.8 cm³/mol. The number of amides is 1. The summed E-state index contributed by atoms with van der Waals surface area (Å²) >= 11 is 0. The number of methoxy groups -OCH3 is 1. The third-order valence-corrected chi connectivity index (χ3v) is 4.03. The van der Waals surface area contributed by atoms with Gasteiger partial charge in [0.25, 0.3) is 5.91 Å². The summed E-state index contributed by atoms with van der Waals surface area (Å²) in [4.78, 5) is 14.1. The van der Waals surface area contributed by atoms with Crippen LogP contribution in [0.1, 0.15) is 28.2 Å². The molecular weight excluding hydrogens is 304 g/mol. The fraction of sp³-hybridized carbons (Fsp3) is 0.375. The molecule has 1 amide bonds. The molecule has 0 N–H and O–H groups in total. The molecule has 0 aliphatic carbocycles. The Kier molecular flexibility index (Phi) is 4.27. The predicted octanol–water partition coefficient (Wildman–Crippen LogP) is 2.53. The van der Waals surface area contributed by atoms with Crippen LogP contribution < -0.4 is 4.74 Å². The van der Waals surface area contributed by atoms with Crippen molar-refractivity contribution in [3.05, 3.63) is 47.3 Å². The van der Waals surface area contributed by atoms with Gasteiger partial charge < -0.3 is 9.64 Å². The van der Waals surface area contributed by atoms with Crippen LogP contribution in [0.15, 0.2) is 30.5 Å². The van der Waals surface area contributed by atoms with E-state index in [4.69, 9.17) is 4.74 Å². The molecule has 23 heavy (non-hydrogen) atoms. The number of carbonyl (C=O) groups excluding carboxylic acids is 1. The fourth-order valence-electron chi connectivity index (χ4n) is 2.75. The summed E-state index contributed by atoms with van der Waals surface area (Å²) in [7, 11) is 1.62. The average molecular weight is 321 g/mol. The van der Waals surface area contributed by atoms with Crippen molar-refractivity contribution in [2.45, 2.75) is 19.4 Å². The lowest BCUT2D eigenvalue weighted by atomic mass is 10.0. The standard InChI is InChI=1S/C16H17F2N3O2/c1-23-13-3-2-11-4-7-20(8-5-12(11)10-13)15(22)14-6-9-21(19-14)16(17)18/h2-3,6,9-10,16H,4-5,7-8H2,1H3. The Bertz CT molecular complexity index is 715. The normalized spacial score (nSPS) is 14.5. The molecule has 0 saturated carbocycles. The van der Waals surface area contributed by atoms with E-state index >= 15 is 0 Å². The van der Waals surface area contributed by atoms with Crippen LogP contribution in [-0.2, 0) is 12.8 Å². The van der Waals surface area contributed by atoms with E-state index in [1.165, 1.54) is 11.6 Å². The summed E-state index contributed by atoms with van der Waals surface area (Å²) in [6, 6.07) is 7.22. The number of benzene rings is 1. The highest BCUT2D eigenvalue weighted by Gasteiger charge is 2.22. The SMILES string of the molecule is COc1ccc2c(c1)CCN(C(=O)c1ccn(C(F)F)n1)CC2. The summed E-state index contributed by atoms with van der Waals surface area (Å²) in [6.45, 7) is -1.67. The quantitative estimate of drug-likeness (QED) is 0.873. The monoisotopic (exact) mass is 321 g/mol. The minimum absolute atomic E-state index is 0.0498. The molecule has 122 valence electrons. The van der Waals surface area contributed by atoms with Gasteiger partial charge in [0.2, 0.25) is 0 Å². The van der Waals surface area contributed by atoms with Crippen LogP contribution in [0.2, 0.25) is 0 Å². The molecule has 0 radical (unpaired) electrons. The molecule has 2 heterocycles. The van der Waals surface area contributed by atoms with Gasteiger partial charge in [0.1, 0.15) is 5.75 Å². The van der Waals surface area contributed by atoms with Crippen LogP contribution >= 0.6 is 0 Å². The second-order valence-corrected chi connectivity index (χ2v) is 5.39. The molecule has 0 fully saturated rings. The van der Waals surface area contributed by atoms with Gasteiger partial charge in [-0.1, -0.05) is 6.07 Å². The molecule has 2 aromatic rings. The Labute approximate surface area is 132 Å².